The highest BCUT2D eigenvalue weighted by atomic mass is 32.1. The zero-order chi connectivity index (χ0) is 22.7. The number of hydrogen-bond donors (Lipinski definition) is 2. The van der Waals surface area contributed by atoms with Crippen LogP contribution in [0.4, 0.5) is 10.9 Å². The number of amides is 1. The molecule has 0 bridgehead atoms. The summed E-state index contributed by atoms with van der Waals surface area (Å²) in [5.41, 5.74) is 5.69. The van der Waals surface area contributed by atoms with Crippen LogP contribution in [0, 0.1) is 27.7 Å². The number of nitrogens with zero attached hydrogens (tertiary/aromatic N) is 2. The summed E-state index contributed by atoms with van der Waals surface area (Å²) in [6.07, 6.45) is 0. The van der Waals surface area contributed by atoms with Crippen LogP contribution in [0.25, 0.3) is 0 Å². The van der Waals surface area contributed by atoms with Crippen LogP contribution in [0.1, 0.15) is 49.4 Å². The summed E-state index contributed by atoms with van der Waals surface area (Å²) in [7, 11) is 0. The summed E-state index contributed by atoms with van der Waals surface area (Å²) in [6, 6.07) is 21.2. The Labute approximate surface area is 192 Å². The van der Waals surface area contributed by atoms with Gasteiger partial charge < -0.3 is 10.6 Å². The molecule has 162 valence electrons. The third-order valence-corrected chi connectivity index (χ3v) is 6.51. The van der Waals surface area contributed by atoms with Crippen LogP contribution in [-0.4, -0.2) is 15.9 Å². The van der Waals surface area contributed by atoms with Crippen molar-refractivity contribution in [1.82, 2.24) is 9.97 Å². The first kappa shape index (κ1) is 21.7. The standard InChI is InChI=1S/C26H26N4OS/c1-16-15-17(2)28-26(27-16)29-23(20-11-7-5-8-12-20)22-18(3)19(4)32-25(22)30-24(31)21-13-9-6-10-14-21/h5-15,23H,1-4H3,(H,30,31)(H,27,28,29). The van der Waals surface area contributed by atoms with Gasteiger partial charge >= 0.3 is 0 Å². The smallest absolute Gasteiger partial charge is 0.256 e. The van der Waals surface area contributed by atoms with E-state index < -0.39 is 0 Å². The lowest BCUT2D eigenvalue weighted by atomic mass is 9.96. The number of anilines is 2. The average molecular weight is 443 g/mol. The van der Waals surface area contributed by atoms with Gasteiger partial charge in [0.25, 0.3) is 5.91 Å². The van der Waals surface area contributed by atoms with Crippen molar-refractivity contribution in [1.29, 1.82) is 0 Å². The van der Waals surface area contributed by atoms with Gasteiger partial charge in [-0.3, -0.25) is 4.79 Å². The number of rotatable bonds is 6. The van der Waals surface area contributed by atoms with Crippen LogP contribution in [0.2, 0.25) is 0 Å². The summed E-state index contributed by atoms with van der Waals surface area (Å²) < 4.78 is 0. The molecule has 0 spiro atoms. The van der Waals surface area contributed by atoms with Gasteiger partial charge in [0.2, 0.25) is 5.95 Å². The molecule has 2 aromatic carbocycles. The third kappa shape index (κ3) is 4.70. The van der Waals surface area contributed by atoms with Crippen molar-refractivity contribution in [2.24, 2.45) is 0 Å². The van der Waals surface area contributed by atoms with E-state index in [4.69, 9.17) is 0 Å². The highest BCUT2D eigenvalue weighted by molar-refractivity contribution is 7.16. The second kappa shape index (κ2) is 9.32. The monoisotopic (exact) mass is 442 g/mol. The van der Waals surface area contributed by atoms with E-state index in [2.05, 4.69) is 46.6 Å². The molecule has 6 heteroatoms. The number of benzene rings is 2. The van der Waals surface area contributed by atoms with Crippen LogP contribution in [0.5, 0.6) is 0 Å². The minimum atomic E-state index is -0.214. The predicted octanol–water partition coefficient (Wildman–Crippen LogP) is 6.23. The Morgan fingerprint density at radius 3 is 2.09 bits per heavy atom. The van der Waals surface area contributed by atoms with Crippen LogP contribution >= 0.6 is 11.3 Å². The van der Waals surface area contributed by atoms with Gasteiger partial charge in [-0.05, 0) is 57.0 Å². The van der Waals surface area contributed by atoms with Gasteiger partial charge in [0.1, 0.15) is 5.00 Å². The van der Waals surface area contributed by atoms with E-state index in [0.717, 1.165) is 38.0 Å². The maximum atomic E-state index is 12.9. The fourth-order valence-electron chi connectivity index (χ4n) is 3.74. The molecular weight excluding hydrogens is 416 g/mol. The Balaban J connectivity index is 1.78. The molecule has 1 atom stereocenters. The van der Waals surface area contributed by atoms with Gasteiger partial charge in [-0.2, -0.15) is 0 Å². The molecule has 0 radical (unpaired) electrons. The lowest BCUT2D eigenvalue weighted by Gasteiger charge is -2.22. The summed E-state index contributed by atoms with van der Waals surface area (Å²) in [5.74, 6) is 0.447. The molecule has 5 nitrogen and oxygen atoms in total. The quantitative estimate of drug-likeness (QED) is 0.372. The molecule has 4 rings (SSSR count). The topological polar surface area (TPSA) is 66.9 Å². The number of hydrogen-bond acceptors (Lipinski definition) is 5. The van der Waals surface area contributed by atoms with Gasteiger partial charge in [0, 0.05) is 27.4 Å². The summed E-state index contributed by atoms with van der Waals surface area (Å²) in [5, 5.41) is 7.51. The first-order chi connectivity index (χ1) is 15.4. The Hall–Kier alpha value is -3.51. The molecule has 2 aromatic heterocycles. The van der Waals surface area contributed by atoms with E-state index in [0.29, 0.717) is 11.5 Å². The Bertz CT molecular complexity index is 1220. The van der Waals surface area contributed by atoms with E-state index in [1.165, 1.54) is 0 Å². The van der Waals surface area contributed by atoms with Gasteiger partial charge in [-0.15, -0.1) is 11.3 Å². The second-order valence-corrected chi connectivity index (χ2v) is 9.03. The minimum Gasteiger partial charge on any atom is -0.343 e. The first-order valence-corrected chi connectivity index (χ1v) is 11.3. The Kier molecular flexibility index (Phi) is 6.32. The molecule has 2 N–H and O–H groups in total. The van der Waals surface area contributed by atoms with Gasteiger partial charge in [0.05, 0.1) is 6.04 Å². The molecule has 0 fully saturated rings. The Morgan fingerprint density at radius 1 is 0.875 bits per heavy atom. The SMILES string of the molecule is Cc1cc(C)nc(NC(c2ccccc2)c2c(NC(=O)c3ccccc3)sc(C)c2C)n1. The maximum Gasteiger partial charge on any atom is 0.256 e. The summed E-state index contributed by atoms with van der Waals surface area (Å²) in [6.45, 7) is 8.10. The van der Waals surface area contributed by atoms with E-state index in [1.54, 1.807) is 11.3 Å². The molecule has 2 heterocycles. The van der Waals surface area contributed by atoms with Crippen molar-refractivity contribution >= 4 is 28.2 Å². The molecular formula is C26H26N4OS. The van der Waals surface area contributed by atoms with E-state index in [1.807, 2.05) is 68.4 Å². The number of nitrogens with one attached hydrogen (secondary N) is 2. The summed E-state index contributed by atoms with van der Waals surface area (Å²) >= 11 is 1.59. The van der Waals surface area contributed by atoms with E-state index in [-0.39, 0.29) is 11.9 Å². The zero-order valence-electron chi connectivity index (χ0n) is 18.6. The van der Waals surface area contributed by atoms with Gasteiger partial charge in [0.15, 0.2) is 0 Å². The second-order valence-electron chi connectivity index (χ2n) is 7.81. The molecule has 32 heavy (non-hydrogen) atoms. The molecule has 0 saturated heterocycles. The molecule has 0 aliphatic rings. The van der Waals surface area contributed by atoms with Gasteiger partial charge in [-0.1, -0.05) is 48.5 Å². The summed E-state index contributed by atoms with van der Waals surface area (Å²) in [4.78, 5) is 23.3. The van der Waals surface area contributed by atoms with Crippen molar-refractivity contribution in [3.63, 3.8) is 0 Å². The molecule has 1 amide bonds. The van der Waals surface area contributed by atoms with Crippen molar-refractivity contribution in [3.8, 4) is 0 Å². The number of carbonyl (C=O) groups excluding carboxylic acids is 1. The van der Waals surface area contributed by atoms with E-state index in [9.17, 15) is 4.79 Å². The van der Waals surface area contributed by atoms with Crippen LogP contribution in [0.15, 0.2) is 66.7 Å². The van der Waals surface area contributed by atoms with Crippen molar-refractivity contribution in [2.45, 2.75) is 33.7 Å². The highest BCUT2D eigenvalue weighted by Gasteiger charge is 2.25. The number of thiophene rings is 1. The molecule has 0 aliphatic carbocycles. The largest absolute Gasteiger partial charge is 0.343 e. The van der Waals surface area contributed by atoms with Crippen molar-refractivity contribution in [2.75, 3.05) is 10.6 Å². The van der Waals surface area contributed by atoms with Crippen LogP contribution in [-0.2, 0) is 0 Å². The molecule has 4 aromatic rings. The molecule has 0 saturated carbocycles. The van der Waals surface area contributed by atoms with Crippen molar-refractivity contribution < 1.29 is 4.79 Å². The minimum absolute atomic E-state index is 0.123. The van der Waals surface area contributed by atoms with Crippen LogP contribution < -0.4 is 10.6 Å². The van der Waals surface area contributed by atoms with Crippen LogP contribution in [0.3, 0.4) is 0 Å². The van der Waals surface area contributed by atoms with Gasteiger partial charge in [-0.25, -0.2) is 9.97 Å². The number of aryl methyl sites for hydroxylation is 3. The lowest BCUT2D eigenvalue weighted by Crippen LogP contribution is -2.18. The van der Waals surface area contributed by atoms with E-state index >= 15 is 0 Å². The number of aromatic nitrogens is 2. The predicted molar refractivity (Wildman–Crippen MR) is 132 cm³/mol. The normalized spacial score (nSPS) is 11.8. The highest BCUT2D eigenvalue weighted by Crippen LogP contribution is 2.40. The Morgan fingerprint density at radius 2 is 1.47 bits per heavy atom. The lowest BCUT2D eigenvalue weighted by molar-refractivity contribution is 0.102. The number of carbonyl (C=O) groups is 1. The maximum absolute atomic E-state index is 12.9. The fourth-order valence-corrected chi connectivity index (χ4v) is 4.83. The molecule has 0 aliphatic heterocycles. The first-order valence-electron chi connectivity index (χ1n) is 10.5. The fraction of sp³-hybridized carbons (Fsp3) is 0.192. The third-order valence-electron chi connectivity index (χ3n) is 5.37. The van der Waals surface area contributed by atoms with Crippen molar-refractivity contribution in [3.05, 3.63) is 105 Å². The average Bonchev–Trinajstić information content (AvgIpc) is 3.05. The zero-order valence-corrected chi connectivity index (χ0v) is 19.5. The molecule has 1 unspecified atom stereocenters.